The van der Waals surface area contributed by atoms with E-state index in [1.165, 1.54) is 31.4 Å². The minimum atomic E-state index is 0.251. The molecule has 0 bridgehead atoms. The summed E-state index contributed by atoms with van der Waals surface area (Å²) < 4.78 is 0. The van der Waals surface area contributed by atoms with Crippen molar-refractivity contribution in [3.05, 3.63) is 30.1 Å². The first kappa shape index (κ1) is 17.1. The quantitative estimate of drug-likeness (QED) is 0.703. The molecule has 20 heavy (non-hydrogen) atoms. The molecule has 0 aromatic carbocycles. The van der Waals surface area contributed by atoms with E-state index in [0.29, 0.717) is 0 Å². The molecule has 0 saturated heterocycles. The fourth-order valence-corrected chi connectivity index (χ4v) is 2.13. The summed E-state index contributed by atoms with van der Waals surface area (Å²) in [6, 6.07) is 4.21. The summed E-state index contributed by atoms with van der Waals surface area (Å²) >= 11 is 0. The summed E-state index contributed by atoms with van der Waals surface area (Å²) in [6.07, 6.45) is 8.73. The zero-order chi connectivity index (χ0) is 14.8. The van der Waals surface area contributed by atoms with Crippen LogP contribution >= 0.6 is 0 Å². The van der Waals surface area contributed by atoms with Crippen molar-refractivity contribution in [3.63, 3.8) is 0 Å². The summed E-state index contributed by atoms with van der Waals surface area (Å²) in [7, 11) is 2.22. The number of hydrogen-bond donors (Lipinski definition) is 1. The van der Waals surface area contributed by atoms with Crippen LogP contribution < -0.4 is 5.32 Å². The van der Waals surface area contributed by atoms with E-state index in [1.54, 1.807) is 0 Å². The van der Waals surface area contributed by atoms with Gasteiger partial charge in [0.2, 0.25) is 0 Å². The molecular formula is C17H31N3. The molecular weight excluding hydrogens is 246 g/mol. The molecule has 1 aromatic rings. The van der Waals surface area contributed by atoms with E-state index < -0.39 is 0 Å². The van der Waals surface area contributed by atoms with Crippen LogP contribution in [-0.4, -0.2) is 42.1 Å². The van der Waals surface area contributed by atoms with Crippen LogP contribution in [0.1, 0.15) is 45.6 Å². The Labute approximate surface area is 124 Å². The summed E-state index contributed by atoms with van der Waals surface area (Å²) in [4.78, 5) is 6.48. The van der Waals surface area contributed by atoms with Crippen LogP contribution in [0.4, 0.5) is 0 Å². The Hall–Kier alpha value is -0.930. The van der Waals surface area contributed by atoms with E-state index in [0.717, 1.165) is 19.5 Å². The maximum Gasteiger partial charge on any atom is 0.0270 e. The van der Waals surface area contributed by atoms with Gasteiger partial charge in [0, 0.05) is 24.5 Å². The SMILES string of the molecule is CN(CCCCCNC(C)(C)C)CCc1ccncc1. The normalized spacial score (nSPS) is 12.1. The Morgan fingerprint density at radius 2 is 1.75 bits per heavy atom. The van der Waals surface area contributed by atoms with E-state index in [4.69, 9.17) is 0 Å². The average molecular weight is 277 g/mol. The molecule has 0 saturated carbocycles. The first-order chi connectivity index (χ1) is 9.47. The van der Waals surface area contributed by atoms with Gasteiger partial charge in [-0.05, 0) is 77.9 Å². The number of likely N-dealkylation sites (N-methyl/N-ethyl adjacent to an activating group) is 1. The van der Waals surface area contributed by atoms with Crippen LogP contribution in [0.15, 0.2) is 24.5 Å². The lowest BCUT2D eigenvalue weighted by molar-refractivity contribution is 0.325. The molecule has 1 aromatic heterocycles. The summed E-state index contributed by atoms with van der Waals surface area (Å²) in [5.74, 6) is 0. The molecule has 0 fully saturated rings. The third-order valence-electron chi connectivity index (χ3n) is 3.40. The van der Waals surface area contributed by atoms with Crippen LogP contribution in [0, 0.1) is 0 Å². The molecule has 0 aliphatic carbocycles. The van der Waals surface area contributed by atoms with Gasteiger partial charge in [0.25, 0.3) is 0 Å². The molecule has 114 valence electrons. The molecule has 0 spiro atoms. The highest BCUT2D eigenvalue weighted by atomic mass is 15.1. The Morgan fingerprint density at radius 3 is 2.40 bits per heavy atom. The van der Waals surface area contributed by atoms with E-state index in [1.807, 2.05) is 12.4 Å². The minimum absolute atomic E-state index is 0.251. The maximum atomic E-state index is 4.05. The fourth-order valence-electron chi connectivity index (χ4n) is 2.13. The van der Waals surface area contributed by atoms with Gasteiger partial charge in [-0.1, -0.05) is 6.42 Å². The Balaban J connectivity index is 1.99. The summed E-state index contributed by atoms with van der Waals surface area (Å²) in [5, 5.41) is 3.54. The van der Waals surface area contributed by atoms with E-state index >= 15 is 0 Å². The third kappa shape index (κ3) is 9.05. The van der Waals surface area contributed by atoms with Crippen molar-refractivity contribution in [2.75, 3.05) is 26.7 Å². The number of hydrogen-bond acceptors (Lipinski definition) is 3. The number of unbranched alkanes of at least 4 members (excludes halogenated alkanes) is 2. The molecule has 0 aliphatic heterocycles. The Kier molecular flexibility index (Phi) is 7.78. The second-order valence-electron chi connectivity index (χ2n) is 6.65. The highest BCUT2D eigenvalue weighted by molar-refractivity contribution is 5.09. The molecule has 1 N–H and O–H groups in total. The number of nitrogens with one attached hydrogen (secondary N) is 1. The molecule has 3 heteroatoms. The van der Waals surface area contributed by atoms with Crippen molar-refractivity contribution >= 4 is 0 Å². The molecule has 0 amide bonds. The molecule has 0 unspecified atom stereocenters. The Bertz CT molecular complexity index is 343. The number of aromatic nitrogens is 1. The monoisotopic (exact) mass is 277 g/mol. The number of nitrogens with zero attached hydrogens (tertiary/aromatic N) is 2. The van der Waals surface area contributed by atoms with Gasteiger partial charge in [-0.2, -0.15) is 0 Å². The van der Waals surface area contributed by atoms with Gasteiger partial charge in [0.15, 0.2) is 0 Å². The smallest absolute Gasteiger partial charge is 0.0270 e. The van der Waals surface area contributed by atoms with Crippen molar-refractivity contribution in [1.82, 2.24) is 15.2 Å². The molecule has 1 heterocycles. The van der Waals surface area contributed by atoms with Crippen molar-refractivity contribution in [3.8, 4) is 0 Å². The second-order valence-corrected chi connectivity index (χ2v) is 6.65. The third-order valence-corrected chi connectivity index (χ3v) is 3.40. The highest BCUT2D eigenvalue weighted by Crippen LogP contribution is 2.03. The van der Waals surface area contributed by atoms with Crippen LogP contribution in [0.25, 0.3) is 0 Å². The summed E-state index contributed by atoms with van der Waals surface area (Å²) in [6.45, 7) is 10.1. The number of pyridine rings is 1. The van der Waals surface area contributed by atoms with Gasteiger partial charge in [-0.25, -0.2) is 0 Å². The van der Waals surface area contributed by atoms with E-state index in [2.05, 4.69) is 55.2 Å². The van der Waals surface area contributed by atoms with Gasteiger partial charge in [0.1, 0.15) is 0 Å². The Morgan fingerprint density at radius 1 is 1.05 bits per heavy atom. The predicted octanol–water partition coefficient (Wildman–Crippen LogP) is 3.11. The molecule has 3 nitrogen and oxygen atoms in total. The van der Waals surface area contributed by atoms with Gasteiger partial charge in [-0.3, -0.25) is 4.98 Å². The lowest BCUT2D eigenvalue weighted by atomic mass is 10.1. The molecule has 1 rings (SSSR count). The van der Waals surface area contributed by atoms with Gasteiger partial charge in [-0.15, -0.1) is 0 Å². The van der Waals surface area contributed by atoms with Crippen molar-refractivity contribution < 1.29 is 0 Å². The van der Waals surface area contributed by atoms with Gasteiger partial charge >= 0.3 is 0 Å². The second kappa shape index (κ2) is 9.09. The first-order valence-electron chi connectivity index (χ1n) is 7.80. The maximum absolute atomic E-state index is 4.05. The molecule has 0 atom stereocenters. The van der Waals surface area contributed by atoms with Crippen molar-refractivity contribution in [2.45, 2.75) is 52.0 Å². The first-order valence-corrected chi connectivity index (χ1v) is 7.80. The van der Waals surface area contributed by atoms with Gasteiger partial charge < -0.3 is 10.2 Å². The minimum Gasteiger partial charge on any atom is -0.312 e. The zero-order valence-electron chi connectivity index (χ0n) is 13.7. The highest BCUT2D eigenvalue weighted by Gasteiger charge is 2.07. The fraction of sp³-hybridized carbons (Fsp3) is 0.706. The lowest BCUT2D eigenvalue weighted by Crippen LogP contribution is -2.36. The molecule has 0 aliphatic rings. The van der Waals surface area contributed by atoms with Crippen LogP contribution in [0.2, 0.25) is 0 Å². The van der Waals surface area contributed by atoms with Crippen LogP contribution in [-0.2, 0) is 6.42 Å². The summed E-state index contributed by atoms with van der Waals surface area (Å²) in [5.41, 5.74) is 1.63. The van der Waals surface area contributed by atoms with E-state index in [9.17, 15) is 0 Å². The lowest BCUT2D eigenvalue weighted by Gasteiger charge is -2.20. The van der Waals surface area contributed by atoms with Crippen molar-refractivity contribution in [2.24, 2.45) is 0 Å². The van der Waals surface area contributed by atoms with Crippen molar-refractivity contribution in [1.29, 1.82) is 0 Å². The molecule has 0 radical (unpaired) electrons. The topological polar surface area (TPSA) is 28.2 Å². The predicted molar refractivity (Wildman–Crippen MR) is 87.0 cm³/mol. The standard InChI is InChI=1S/C17H31N3/c1-17(2,3)19-11-6-5-7-14-20(4)15-10-16-8-12-18-13-9-16/h8-9,12-13,19H,5-7,10-11,14-15H2,1-4H3. The average Bonchev–Trinajstić information content (AvgIpc) is 2.40. The van der Waals surface area contributed by atoms with E-state index in [-0.39, 0.29) is 5.54 Å². The van der Waals surface area contributed by atoms with Crippen LogP contribution in [0.5, 0.6) is 0 Å². The number of rotatable bonds is 9. The zero-order valence-corrected chi connectivity index (χ0v) is 13.7. The van der Waals surface area contributed by atoms with Gasteiger partial charge in [0.05, 0.1) is 0 Å². The largest absolute Gasteiger partial charge is 0.312 e. The van der Waals surface area contributed by atoms with Crippen LogP contribution in [0.3, 0.4) is 0 Å².